The van der Waals surface area contributed by atoms with Crippen LogP contribution in [0.25, 0.3) is 0 Å². The van der Waals surface area contributed by atoms with Crippen molar-refractivity contribution in [3.8, 4) is 0 Å². The van der Waals surface area contributed by atoms with Crippen LogP contribution in [0.15, 0.2) is 18.2 Å². The summed E-state index contributed by atoms with van der Waals surface area (Å²) in [5, 5.41) is 2.15. The van der Waals surface area contributed by atoms with Gasteiger partial charge in [-0.3, -0.25) is 4.79 Å². The molecule has 3 N–H and O–H groups in total. The molecule has 0 fully saturated rings. The van der Waals surface area contributed by atoms with Crippen molar-refractivity contribution in [1.82, 2.24) is 0 Å². The SMILES string of the molecule is CC(N)C(=O)Nc1ccc(F)c(C(F)(F)F)c1. The summed E-state index contributed by atoms with van der Waals surface area (Å²) < 4.78 is 49.9. The van der Waals surface area contributed by atoms with Crippen molar-refractivity contribution >= 4 is 11.6 Å². The smallest absolute Gasteiger partial charge is 0.325 e. The Kier molecular flexibility index (Phi) is 3.72. The number of hydrogen-bond donors (Lipinski definition) is 2. The van der Waals surface area contributed by atoms with Crippen LogP contribution in [0.5, 0.6) is 0 Å². The fourth-order valence-electron chi connectivity index (χ4n) is 1.08. The van der Waals surface area contributed by atoms with E-state index < -0.39 is 29.5 Å². The number of nitrogens with two attached hydrogens (primary N) is 1. The van der Waals surface area contributed by atoms with Gasteiger partial charge in [0.1, 0.15) is 5.82 Å². The van der Waals surface area contributed by atoms with E-state index in [1.54, 1.807) is 0 Å². The maximum Gasteiger partial charge on any atom is 0.419 e. The molecule has 0 spiro atoms. The average Bonchev–Trinajstić information content (AvgIpc) is 2.19. The van der Waals surface area contributed by atoms with Crippen LogP contribution in [0.3, 0.4) is 0 Å². The van der Waals surface area contributed by atoms with Crippen molar-refractivity contribution in [3.05, 3.63) is 29.6 Å². The molecule has 0 radical (unpaired) electrons. The van der Waals surface area contributed by atoms with E-state index in [0.717, 1.165) is 6.07 Å². The molecule has 0 saturated heterocycles. The number of benzene rings is 1. The normalized spacial score (nSPS) is 13.3. The summed E-state index contributed by atoms with van der Waals surface area (Å²) in [5.41, 5.74) is 3.65. The van der Waals surface area contributed by atoms with Crippen LogP contribution in [-0.4, -0.2) is 11.9 Å². The quantitative estimate of drug-likeness (QED) is 0.790. The topological polar surface area (TPSA) is 55.1 Å². The van der Waals surface area contributed by atoms with Crippen molar-refractivity contribution in [2.75, 3.05) is 5.32 Å². The maximum atomic E-state index is 12.9. The predicted octanol–water partition coefficient (Wildman–Crippen LogP) is 2.13. The zero-order chi connectivity index (χ0) is 13.2. The van der Waals surface area contributed by atoms with Gasteiger partial charge in [0.15, 0.2) is 0 Å². The van der Waals surface area contributed by atoms with Crippen molar-refractivity contribution < 1.29 is 22.4 Å². The van der Waals surface area contributed by atoms with Crippen LogP contribution < -0.4 is 11.1 Å². The maximum absolute atomic E-state index is 12.9. The molecule has 0 aliphatic heterocycles. The van der Waals surface area contributed by atoms with Crippen LogP contribution in [0.2, 0.25) is 0 Å². The third-order valence-corrected chi connectivity index (χ3v) is 1.95. The molecule has 0 bridgehead atoms. The Balaban J connectivity index is 3.01. The van der Waals surface area contributed by atoms with E-state index in [2.05, 4.69) is 5.32 Å². The predicted molar refractivity (Wildman–Crippen MR) is 53.7 cm³/mol. The minimum Gasteiger partial charge on any atom is -0.325 e. The zero-order valence-corrected chi connectivity index (χ0v) is 8.81. The van der Waals surface area contributed by atoms with Gasteiger partial charge in [0.2, 0.25) is 5.91 Å². The fraction of sp³-hybridized carbons (Fsp3) is 0.300. The number of carbonyl (C=O) groups is 1. The van der Waals surface area contributed by atoms with Gasteiger partial charge in [0.25, 0.3) is 0 Å². The van der Waals surface area contributed by atoms with E-state index in [-0.39, 0.29) is 5.69 Å². The lowest BCUT2D eigenvalue weighted by Crippen LogP contribution is -2.32. The van der Waals surface area contributed by atoms with Gasteiger partial charge in [-0.15, -0.1) is 0 Å². The zero-order valence-electron chi connectivity index (χ0n) is 8.81. The standard InChI is InChI=1S/C10H10F4N2O/c1-5(15)9(17)16-6-2-3-8(11)7(4-6)10(12,13)14/h2-5H,15H2,1H3,(H,16,17). The highest BCUT2D eigenvalue weighted by atomic mass is 19.4. The first-order valence-corrected chi connectivity index (χ1v) is 4.65. The summed E-state index contributed by atoms with van der Waals surface area (Å²) in [6.45, 7) is 1.38. The van der Waals surface area contributed by atoms with Crippen LogP contribution >= 0.6 is 0 Å². The van der Waals surface area contributed by atoms with Gasteiger partial charge < -0.3 is 11.1 Å². The summed E-state index contributed by atoms with van der Waals surface area (Å²) in [6, 6.07) is 1.33. The van der Waals surface area contributed by atoms with Crippen molar-refractivity contribution in [3.63, 3.8) is 0 Å². The molecule has 0 saturated carbocycles. The Hall–Kier alpha value is -1.63. The molecule has 0 heterocycles. The number of amides is 1. The van der Waals surface area contributed by atoms with Crippen LogP contribution in [0.4, 0.5) is 23.2 Å². The molecule has 1 unspecified atom stereocenters. The lowest BCUT2D eigenvalue weighted by molar-refractivity contribution is -0.140. The molecular weight excluding hydrogens is 240 g/mol. The number of nitrogens with one attached hydrogen (secondary N) is 1. The van der Waals surface area contributed by atoms with E-state index in [1.165, 1.54) is 6.92 Å². The number of hydrogen-bond acceptors (Lipinski definition) is 2. The molecule has 1 aromatic carbocycles. The molecule has 17 heavy (non-hydrogen) atoms. The van der Waals surface area contributed by atoms with Gasteiger partial charge in [0.05, 0.1) is 11.6 Å². The Bertz CT molecular complexity index is 429. The van der Waals surface area contributed by atoms with Gasteiger partial charge in [-0.2, -0.15) is 13.2 Å². The Labute approximate surface area is 94.6 Å². The molecule has 3 nitrogen and oxygen atoms in total. The molecule has 1 aromatic rings. The number of rotatable bonds is 2. The van der Waals surface area contributed by atoms with Crippen molar-refractivity contribution in [2.45, 2.75) is 19.1 Å². The molecular formula is C10H10F4N2O. The second-order valence-electron chi connectivity index (χ2n) is 3.47. The molecule has 0 aliphatic rings. The fourth-order valence-corrected chi connectivity index (χ4v) is 1.08. The summed E-state index contributed by atoms with van der Waals surface area (Å²) in [7, 11) is 0. The van der Waals surface area contributed by atoms with Gasteiger partial charge >= 0.3 is 6.18 Å². The first-order chi connectivity index (χ1) is 7.71. The van der Waals surface area contributed by atoms with Crippen LogP contribution in [0.1, 0.15) is 12.5 Å². The molecule has 7 heteroatoms. The molecule has 0 aromatic heterocycles. The van der Waals surface area contributed by atoms with Crippen molar-refractivity contribution in [2.24, 2.45) is 5.73 Å². The monoisotopic (exact) mass is 250 g/mol. The number of halogens is 4. The highest BCUT2D eigenvalue weighted by molar-refractivity contribution is 5.94. The average molecular weight is 250 g/mol. The number of alkyl halides is 3. The van der Waals surface area contributed by atoms with Gasteiger partial charge in [0, 0.05) is 5.69 Å². The lowest BCUT2D eigenvalue weighted by atomic mass is 10.1. The van der Waals surface area contributed by atoms with E-state index in [4.69, 9.17) is 5.73 Å². The second-order valence-corrected chi connectivity index (χ2v) is 3.47. The molecule has 0 aliphatic carbocycles. The number of anilines is 1. The largest absolute Gasteiger partial charge is 0.419 e. The Morgan fingerprint density at radius 3 is 2.47 bits per heavy atom. The summed E-state index contributed by atoms with van der Waals surface area (Å²) in [6.07, 6.45) is -4.81. The molecule has 1 atom stereocenters. The van der Waals surface area contributed by atoms with Gasteiger partial charge in [-0.05, 0) is 25.1 Å². The Morgan fingerprint density at radius 2 is 2.00 bits per heavy atom. The third kappa shape index (κ3) is 3.42. The molecule has 94 valence electrons. The summed E-state index contributed by atoms with van der Waals surface area (Å²) in [4.78, 5) is 11.1. The van der Waals surface area contributed by atoms with Crippen LogP contribution in [0, 0.1) is 5.82 Å². The van der Waals surface area contributed by atoms with E-state index in [0.29, 0.717) is 12.1 Å². The number of carbonyl (C=O) groups excluding carboxylic acids is 1. The minimum atomic E-state index is -4.81. The van der Waals surface area contributed by atoms with Gasteiger partial charge in [-0.25, -0.2) is 4.39 Å². The van der Waals surface area contributed by atoms with Crippen LogP contribution in [-0.2, 0) is 11.0 Å². The Morgan fingerprint density at radius 1 is 1.41 bits per heavy atom. The first-order valence-electron chi connectivity index (χ1n) is 4.65. The minimum absolute atomic E-state index is 0.152. The van der Waals surface area contributed by atoms with Crippen molar-refractivity contribution in [1.29, 1.82) is 0 Å². The van der Waals surface area contributed by atoms with E-state index in [1.807, 2.05) is 0 Å². The van der Waals surface area contributed by atoms with Gasteiger partial charge in [-0.1, -0.05) is 0 Å². The molecule has 1 rings (SSSR count). The first kappa shape index (κ1) is 13.4. The van der Waals surface area contributed by atoms with E-state index >= 15 is 0 Å². The third-order valence-electron chi connectivity index (χ3n) is 1.95. The highest BCUT2D eigenvalue weighted by Crippen LogP contribution is 2.32. The summed E-state index contributed by atoms with van der Waals surface area (Å²) >= 11 is 0. The molecule has 1 amide bonds. The lowest BCUT2D eigenvalue weighted by Gasteiger charge is -2.12. The summed E-state index contributed by atoms with van der Waals surface area (Å²) in [5.74, 6) is -2.04. The van der Waals surface area contributed by atoms with E-state index in [9.17, 15) is 22.4 Å². The second kappa shape index (κ2) is 4.70. The highest BCUT2D eigenvalue weighted by Gasteiger charge is 2.34.